The maximum Gasteiger partial charge on any atom is 0.387 e. The van der Waals surface area contributed by atoms with E-state index in [9.17, 15) is 23.6 Å². The Kier molecular flexibility index (Phi) is 6.86. The molecule has 1 N–H and O–H groups in total. The molecule has 0 heterocycles. The number of amides is 1. The number of hydrogen-bond donors (Lipinski definition) is 1. The molecule has 25 heavy (non-hydrogen) atoms. The maximum absolute atomic E-state index is 12.4. The van der Waals surface area contributed by atoms with E-state index in [1.165, 1.54) is 31.2 Å². The van der Waals surface area contributed by atoms with Crippen molar-refractivity contribution in [1.29, 1.82) is 5.26 Å². The molecular weight excluding hydrogens is 334 g/mol. The number of rotatable bonds is 7. The second kappa shape index (κ2) is 8.42. The summed E-state index contributed by atoms with van der Waals surface area (Å²) >= 11 is 0. The van der Waals surface area contributed by atoms with Crippen LogP contribution in [-0.2, 0) is 9.53 Å². The quantitative estimate of drug-likeness (QED) is 0.761. The van der Waals surface area contributed by atoms with Gasteiger partial charge in [-0.3, -0.25) is 4.79 Å². The third-order valence-electron chi connectivity index (χ3n) is 3.75. The molecule has 0 bridgehead atoms. The fourth-order valence-corrected chi connectivity index (χ4v) is 1.77. The van der Waals surface area contributed by atoms with E-state index >= 15 is 0 Å². The van der Waals surface area contributed by atoms with Gasteiger partial charge >= 0.3 is 12.6 Å². The lowest BCUT2D eigenvalue weighted by Crippen LogP contribution is -2.52. The zero-order chi connectivity index (χ0) is 19.2. The highest BCUT2D eigenvalue weighted by molar-refractivity contribution is 5.94. The molecule has 0 spiro atoms. The van der Waals surface area contributed by atoms with E-state index in [1.54, 1.807) is 20.8 Å². The van der Waals surface area contributed by atoms with Crippen molar-refractivity contribution in [3.8, 4) is 11.8 Å². The van der Waals surface area contributed by atoms with Gasteiger partial charge < -0.3 is 14.8 Å². The zero-order valence-corrected chi connectivity index (χ0v) is 14.4. The predicted molar refractivity (Wildman–Crippen MR) is 85.0 cm³/mol. The number of nitriles is 1. The molecular formula is C17H20F2N2O4. The zero-order valence-electron chi connectivity index (χ0n) is 14.4. The molecule has 2 unspecified atom stereocenters. The Balaban J connectivity index is 2.84. The van der Waals surface area contributed by atoms with E-state index in [0.717, 1.165) is 0 Å². The van der Waals surface area contributed by atoms with Crippen LogP contribution in [0.25, 0.3) is 0 Å². The molecule has 0 saturated heterocycles. The van der Waals surface area contributed by atoms with Gasteiger partial charge in [-0.25, -0.2) is 4.79 Å². The van der Waals surface area contributed by atoms with Crippen LogP contribution >= 0.6 is 0 Å². The summed E-state index contributed by atoms with van der Waals surface area (Å²) in [5.41, 5.74) is -1.36. The number of nitrogens with one attached hydrogen (secondary N) is 1. The van der Waals surface area contributed by atoms with Crippen molar-refractivity contribution < 1.29 is 27.8 Å². The van der Waals surface area contributed by atoms with Crippen LogP contribution < -0.4 is 10.1 Å². The molecule has 0 aromatic heterocycles. The molecule has 1 amide bonds. The van der Waals surface area contributed by atoms with Gasteiger partial charge in [0.1, 0.15) is 16.9 Å². The van der Waals surface area contributed by atoms with E-state index in [-0.39, 0.29) is 17.2 Å². The van der Waals surface area contributed by atoms with Crippen molar-refractivity contribution in [2.75, 3.05) is 0 Å². The molecule has 1 aromatic rings. The summed E-state index contributed by atoms with van der Waals surface area (Å²) in [7, 11) is 0. The van der Waals surface area contributed by atoms with Gasteiger partial charge in [0.05, 0.1) is 6.07 Å². The molecule has 0 aliphatic carbocycles. The molecule has 1 rings (SSSR count). The van der Waals surface area contributed by atoms with E-state index in [0.29, 0.717) is 0 Å². The lowest BCUT2D eigenvalue weighted by atomic mass is 9.90. The van der Waals surface area contributed by atoms with Crippen molar-refractivity contribution in [2.45, 2.75) is 45.9 Å². The molecule has 0 aliphatic heterocycles. The second-order valence-electron chi connectivity index (χ2n) is 5.88. The van der Waals surface area contributed by atoms with E-state index < -0.39 is 30.1 Å². The summed E-state index contributed by atoms with van der Waals surface area (Å²) in [5, 5.41) is 11.7. The Morgan fingerprint density at radius 1 is 1.24 bits per heavy atom. The van der Waals surface area contributed by atoms with Gasteiger partial charge in [-0.05, 0) is 31.9 Å². The summed E-state index contributed by atoms with van der Waals surface area (Å²) in [6.45, 7) is 3.30. The normalized spacial score (nSPS) is 14.4. The van der Waals surface area contributed by atoms with E-state index in [2.05, 4.69) is 10.1 Å². The highest BCUT2D eigenvalue weighted by atomic mass is 19.3. The summed E-state index contributed by atoms with van der Waals surface area (Å²) < 4.78 is 34.0. The van der Waals surface area contributed by atoms with Gasteiger partial charge in [0.15, 0.2) is 6.10 Å². The monoisotopic (exact) mass is 354 g/mol. The van der Waals surface area contributed by atoms with Gasteiger partial charge in [0, 0.05) is 0 Å². The fraction of sp³-hybridized carbons (Fsp3) is 0.471. The SMILES string of the molecule is CC(OC(=O)c1ccccc1OC(F)F)C(=O)NC(C)(C#N)C(C)C. The van der Waals surface area contributed by atoms with Gasteiger partial charge in [-0.1, -0.05) is 26.0 Å². The Morgan fingerprint density at radius 3 is 2.36 bits per heavy atom. The maximum atomic E-state index is 12.4. The van der Waals surface area contributed by atoms with Crippen LogP contribution in [0.5, 0.6) is 5.75 Å². The van der Waals surface area contributed by atoms with Gasteiger partial charge in [0.2, 0.25) is 0 Å². The number of esters is 1. The van der Waals surface area contributed by atoms with Crippen LogP contribution in [0.1, 0.15) is 38.1 Å². The van der Waals surface area contributed by atoms with Crippen molar-refractivity contribution in [3.05, 3.63) is 29.8 Å². The van der Waals surface area contributed by atoms with Gasteiger partial charge in [0.25, 0.3) is 5.91 Å². The second-order valence-corrected chi connectivity index (χ2v) is 5.88. The van der Waals surface area contributed by atoms with Crippen LogP contribution in [-0.4, -0.2) is 30.1 Å². The smallest absolute Gasteiger partial charge is 0.387 e. The molecule has 2 atom stereocenters. The van der Waals surface area contributed by atoms with Crippen molar-refractivity contribution in [1.82, 2.24) is 5.32 Å². The number of hydrogen-bond acceptors (Lipinski definition) is 5. The predicted octanol–water partition coefficient (Wildman–Crippen LogP) is 2.89. The number of ether oxygens (including phenoxy) is 2. The number of benzene rings is 1. The minimum absolute atomic E-state index is 0.176. The van der Waals surface area contributed by atoms with E-state index in [4.69, 9.17) is 4.74 Å². The average molecular weight is 354 g/mol. The number of halogens is 2. The molecule has 136 valence electrons. The van der Waals surface area contributed by atoms with Crippen LogP contribution in [0.3, 0.4) is 0 Å². The number of carbonyl (C=O) groups excluding carboxylic acids is 2. The van der Waals surface area contributed by atoms with Crippen LogP contribution in [0.15, 0.2) is 24.3 Å². The Labute approximate surface area is 144 Å². The van der Waals surface area contributed by atoms with Crippen LogP contribution in [0.2, 0.25) is 0 Å². The van der Waals surface area contributed by atoms with Crippen LogP contribution in [0.4, 0.5) is 8.78 Å². The Morgan fingerprint density at radius 2 is 1.84 bits per heavy atom. The number of para-hydroxylation sites is 1. The van der Waals surface area contributed by atoms with Crippen molar-refractivity contribution in [3.63, 3.8) is 0 Å². The number of alkyl halides is 2. The lowest BCUT2D eigenvalue weighted by molar-refractivity contribution is -0.130. The Bertz CT molecular complexity index is 673. The molecule has 0 saturated carbocycles. The molecule has 0 radical (unpaired) electrons. The average Bonchev–Trinajstić information content (AvgIpc) is 2.54. The van der Waals surface area contributed by atoms with Crippen molar-refractivity contribution >= 4 is 11.9 Å². The van der Waals surface area contributed by atoms with Gasteiger partial charge in [-0.2, -0.15) is 14.0 Å². The standard InChI is InChI=1S/C17H20F2N2O4/c1-10(2)17(4,9-20)21-14(22)11(3)24-15(23)12-7-5-6-8-13(12)25-16(18)19/h5-8,10-11,16H,1-4H3,(H,21,22). The third-order valence-corrected chi connectivity index (χ3v) is 3.75. The first-order valence-corrected chi connectivity index (χ1v) is 7.58. The largest absolute Gasteiger partial charge is 0.449 e. The van der Waals surface area contributed by atoms with Crippen LogP contribution in [0, 0.1) is 17.2 Å². The summed E-state index contributed by atoms with van der Waals surface area (Å²) in [4.78, 5) is 24.3. The highest BCUT2D eigenvalue weighted by Gasteiger charge is 2.33. The molecule has 6 nitrogen and oxygen atoms in total. The van der Waals surface area contributed by atoms with Gasteiger partial charge in [-0.15, -0.1) is 0 Å². The third kappa shape index (κ3) is 5.41. The summed E-state index contributed by atoms with van der Waals surface area (Å²) in [6.07, 6.45) is -1.22. The molecule has 0 aliphatic rings. The molecule has 1 aromatic carbocycles. The highest BCUT2D eigenvalue weighted by Crippen LogP contribution is 2.22. The minimum Gasteiger partial charge on any atom is -0.449 e. The van der Waals surface area contributed by atoms with Crippen molar-refractivity contribution in [2.24, 2.45) is 5.92 Å². The first kappa shape index (κ1) is 20.4. The van der Waals surface area contributed by atoms with E-state index in [1.807, 2.05) is 6.07 Å². The Hall–Kier alpha value is -2.69. The fourth-order valence-electron chi connectivity index (χ4n) is 1.77. The first-order valence-electron chi connectivity index (χ1n) is 7.58. The summed E-state index contributed by atoms with van der Waals surface area (Å²) in [6, 6.07) is 7.32. The first-order chi connectivity index (χ1) is 11.6. The lowest BCUT2D eigenvalue weighted by Gasteiger charge is -2.28. The topological polar surface area (TPSA) is 88.4 Å². The number of nitrogens with zero attached hydrogens (tertiary/aromatic N) is 1. The summed E-state index contributed by atoms with van der Waals surface area (Å²) in [5.74, 6) is -2.18. The molecule has 0 fully saturated rings. The molecule has 8 heteroatoms. The minimum atomic E-state index is -3.10. The number of carbonyl (C=O) groups is 2.